The number of hydrogen-bond donors (Lipinski definition) is 1. The number of aryl methyl sites for hydroxylation is 1. The molecule has 0 saturated carbocycles. The van der Waals surface area contributed by atoms with E-state index in [-0.39, 0.29) is 11.8 Å². The molecular weight excluding hydrogens is 365 g/mol. The van der Waals surface area contributed by atoms with Crippen molar-refractivity contribution in [2.24, 2.45) is 0 Å². The van der Waals surface area contributed by atoms with Crippen LogP contribution in [0.4, 0.5) is 9.18 Å². The van der Waals surface area contributed by atoms with E-state index >= 15 is 0 Å². The fourth-order valence-electron chi connectivity index (χ4n) is 2.78. The molecule has 2 aromatic heterocycles. The van der Waals surface area contributed by atoms with Gasteiger partial charge in [-0.1, -0.05) is 23.4 Å². The van der Waals surface area contributed by atoms with Gasteiger partial charge in [-0.15, -0.1) is 16.4 Å². The lowest BCUT2D eigenvalue weighted by molar-refractivity contribution is 0.239. The number of aromatic nitrogens is 4. The molecule has 0 unspecified atom stereocenters. The van der Waals surface area contributed by atoms with Gasteiger partial charge in [0.25, 0.3) is 0 Å². The number of benzene rings is 2. The molecule has 0 radical (unpaired) electrons. The highest BCUT2D eigenvalue weighted by atomic mass is 32.1. The second-order valence-electron chi connectivity index (χ2n) is 6.13. The molecule has 4 rings (SSSR count). The molecule has 1 N–H and O–H groups in total. The maximum Gasteiger partial charge on any atom is 0.344 e. The van der Waals surface area contributed by atoms with Crippen LogP contribution in [0.5, 0.6) is 0 Å². The van der Waals surface area contributed by atoms with Crippen molar-refractivity contribution < 1.29 is 9.18 Å². The van der Waals surface area contributed by atoms with Crippen LogP contribution >= 0.6 is 11.3 Å². The summed E-state index contributed by atoms with van der Waals surface area (Å²) in [4.78, 5) is 16.9. The Kier molecular flexibility index (Phi) is 4.64. The van der Waals surface area contributed by atoms with Gasteiger partial charge in [-0.2, -0.15) is 4.68 Å². The molecular formula is C19H16FN5OS. The van der Waals surface area contributed by atoms with E-state index in [0.717, 1.165) is 21.8 Å². The number of para-hydroxylation sites is 1. The van der Waals surface area contributed by atoms with Gasteiger partial charge in [0.1, 0.15) is 16.3 Å². The number of nitrogens with zero attached hydrogens (tertiary/aromatic N) is 4. The van der Waals surface area contributed by atoms with E-state index in [2.05, 4.69) is 20.6 Å². The van der Waals surface area contributed by atoms with Crippen LogP contribution in [-0.2, 0) is 13.0 Å². The topological polar surface area (TPSA) is 72.7 Å². The van der Waals surface area contributed by atoms with Crippen molar-refractivity contribution >= 4 is 28.4 Å². The van der Waals surface area contributed by atoms with Gasteiger partial charge in [-0.05, 0) is 42.3 Å². The van der Waals surface area contributed by atoms with Crippen LogP contribution in [0, 0.1) is 12.7 Å². The maximum absolute atomic E-state index is 13.4. The first-order valence-corrected chi connectivity index (χ1v) is 9.25. The van der Waals surface area contributed by atoms with E-state index in [1.807, 2.05) is 24.4 Å². The highest BCUT2D eigenvalue weighted by Crippen LogP contribution is 2.18. The minimum Gasteiger partial charge on any atom is -0.330 e. The minimum absolute atomic E-state index is 0.252. The third-order valence-corrected chi connectivity index (χ3v) is 5.11. The fourth-order valence-corrected chi connectivity index (χ4v) is 3.52. The van der Waals surface area contributed by atoms with Gasteiger partial charge in [0.15, 0.2) is 0 Å². The zero-order valence-corrected chi connectivity index (χ0v) is 15.3. The largest absolute Gasteiger partial charge is 0.344 e. The van der Waals surface area contributed by atoms with Gasteiger partial charge in [0, 0.05) is 11.8 Å². The van der Waals surface area contributed by atoms with Gasteiger partial charge < -0.3 is 5.32 Å². The van der Waals surface area contributed by atoms with Crippen molar-refractivity contribution in [2.45, 2.75) is 19.9 Å². The number of carbonyl (C=O) groups is 1. The van der Waals surface area contributed by atoms with Crippen molar-refractivity contribution in [3.05, 3.63) is 75.5 Å². The van der Waals surface area contributed by atoms with E-state index in [1.54, 1.807) is 18.2 Å². The molecule has 0 spiro atoms. The van der Waals surface area contributed by atoms with Gasteiger partial charge in [-0.3, -0.25) is 0 Å². The number of thiazole rings is 1. The third-order valence-electron chi connectivity index (χ3n) is 4.22. The third kappa shape index (κ3) is 3.70. The van der Waals surface area contributed by atoms with Crippen LogP contribution < -0.4 is 5.32 Å². The molecule has 2 heterocycles. The van der Waals surface area contributed by atoms with Crippen molar-refractivity contribution in [3.8, 4) is 0 Å². The summed E-state index contributed by atoms with van der Waals surface area (Å²) in [6, 6.07) is 11.7. The standard InChI is InChI=1S/C19H16FN5OS/c1-12-6-7-14(20)8-13(12)9-15-11-27-18(22-15)10-21-19(26)25-17-5-3-2-4-16(17)23-24-25/h2-8,11H,9-10H2,1H3,(H,21,26). The number of carbonyl (C=O) groups excluding carboxylic acids is 1. The molecule has 4 aromatic rings. The number of hydrogen-bond acceptors (Lipinski definition) is 5. The van der Waals surface area contributed by atoms with Crippen molar-refractivity contribution in [2.75, 3.05) is 0 Å². The SMILES string of the molecule is Cc1ccc(F)cc1Cc1csc(CNC(=O)n2nnc3ccccc32)n1. The second-order valence-corrected chi connectivity index (χ2v) is 7.07. The summed E-state index contributed by atoms with van der Waals surface area (Å²) >= 11 is 1.46. The van der Waals surface area contributed by atoms with E-state index < -0.39 is 0 Å². The van der Waals surface area contributed by atoms with Crippen LogP contribution in [-0.4, -0.2) is 26.0 Å². The van der Waals surface area contributed by atoms with Crippen LogP contribution in [0.25, 0.3) is 11.0 Å². The first-order chi connectivity index (χ1) is 13.1. The summed E-state index contributed by atoms with van der Waals surface area (Å²) in [6.07, 6.45) is 0.557. The van der Waals surface area contributed by atoms with Crippen molar-refractivity contribution in [3.63, 3.8) is 0 Å². The number of nitrogens with one attached hydrogen (secondary N) is 1. The maximum atomic E-state index is 13.4. The van der Waals surface area contributed by atoms with Gasteiger partial charge in [-0.25, -0.2) is 14.2 Å². The number of amides is 1. The second kappa shape index (κ2) is 7.24. The van der Waals surface area contributed by atoms with E-state index in [1.165, 1.54) is 28.2 Å². The average Bonchev–Trinajstić information content (AvgIpc) is 3.29. The summed E-state index contributed by atoms with van der Waals surface area (Å²) in [5.41, 5.74) is 4.09. The van der Waals surface area contributed by atoms with Gasteiger partial charge in [0.2, 0.25) is 0 Å². The molecule has 2 aromatic carbocycles. The quantitative estimate of drug-likeness (QED) is 0.585. The molecule has 0 aliphatic rings. The molecule has 0 aliphatic carbocycles. The minimum atomic E-state index is -0.360. The summed E-state index contributed by atoms with van der Waals surface area (Å²) in [5.74, 6) is -0.252. The summed E-state index contributed by atoms with van der Waals surface area (Å²) < 4.78 is 14.7. The van der Waals surface area contributed by atoms with E-state index in [0.29, 0.717) is 24.0 Å². The highest BCUT2D eigenvalue weighted by molar-refractivity contribution is 7.09. The van der Waals surface area contributed by atoms with Crippen LogP contribution in [0.3, 0.4) is 0 Å². The lowest BCUT2D eigenvalue weighted by Gasteiger charge is -2.04. The van der Waals surface area contributed by atoms with Gasteiger partial charge in [0.05, 0.1) is 17.8 Å². The molecule has 0 bridgehead atoms. The Hall–Kier alpha value is -3.13. The molecule has 0 fully saturated rings. The van der Waals surface area contributed by atoms with Gasteiger partial charge >= 0.3 is 6.03 Å². The van der Waals surface area contributed by atoms with Crippen LogP contribution in [0.15, 0.2) is 47.8 Å². The Morgan fingerprint density at radius 1 is 1.26 bits per heavy atom. The Morgan fingerprint density at radius 3 is 3.00 bits per heavy atom. The van der Waals surface area contributed by atoms with E-state index in [9.17, 15) is 9.18 Å². The normalized spacial score (nSPS) is 11.0. The number of halogens is 1. The lowest BCUT2D eigenvalue weighted by Crippen LogP contribution is -2.28. The van der Waals surface area contributed by atoms with Crippen molar-refractivity contribution in [1.29, 1.82) is 0 Å². The first kappa shape index (κ1) is 17.3. The molecule has 6 nitrogen and oxygen atoms in total. The van der Waals surface area contributed by atoms with Crippen LogP contribution in [0.2, 0.25) is 0 Å². The monoisotopic (exact) mass is 381 g/mol. The zero-order chi connectivity index (χ0) is 18.8. The molecule has 1 amide bonds. The predicted molar refractivity (Wildman–Crippen MR) is 101 cm³/mol. The van der Waals surface area contributed by atoms with Crippen molar-refractivity contribution in [1.82, 2.24) is 25.3 Å². The number of fused-ring (bicyclic) bond motifs is 1. The molecule has 0 saturated heterocycles. The molecule has 0 atom stereocenters. The Balaban J connectivity index is 1.42. The number of rotatable bonds is 4. The fraction of sp³-hybridized carbons (Fsp3) is 0.158. The Morgan fingerprint density at radius 2 is 2.11 bits per heavy atom. The van der Waals surface area contributed by atoms with E-state index in [4.69, 9.17) is 0 Å². The summed E-state index contributed by atoms with van der Waals surface area (Å²) in [7, 11) is 0. The molecule has 0 aliphatic heterocycles. The molecule has 136 valence electrons. The highest BCUT2D eigenvalue weighted by Gasteiger charge is 2.12. The summed E-state index contributed by atoms with van der Waals surface area (Å²) in [6.45, 7) is 2.24. The predicted octanol–water partition coefficient (Wildman–Crippen LogP) is 3.68. The molecule has 27 heavy (non-hydrogen) atoms. The zero-order valence-electron chi connectivity index (χ0n) is 14.5. The Bertz CT molecular complexity index is 1120. The Labute approximate surface area is 158 Å². The average molecular weight is 381 g/mol. The summed E-state index contributed by atoms with van der Waals surface area (Å²) in [5, 5.41) is 13.4. The smallest absolute Gasteiger partial charge is 0.330 e. The van der Waals surface area contributed by atoms with Crippen LogP contribution in [0.1, 0.15) is 21.8 Å². The first-order valence-electron chi connectivity index (χ1n) is 8.37. The molecule has 8 heteroatoms. The lowest BCUT2D eigenvalue weighted by atomic mass is 10.0.